The topological polar surface area (TPSA) is 75.7 Å². The van der Waals surface area contributed by atoms with Crippen LogP contribution in [0.3, 0.4) is 0 Å². The maximum Gasteiger partial charge on any atom is 0.343 e. The molecule has 0 N–H and O–H groups in total. The van der Waals surface area contributed by atoms with Crippen molar-refractivity contribution in [2.75, 3.05) is 41.7 Å². The number of hydrogen-bond acceptors (Lipinski definition) is 8. The van der Waals surface area contributed by atoms with Crippen LogP contribution in [-0.4, -0.2) is 52.6 Å². The number of ether oxygens (including phenoxy) is 6. The Morgan fingerprint density at radius 2 is 1.84 bits per heavy atom. The molecule has 166 valence electrons. The first kappa shape index (κ1) is 21.4. The molecule has 0 aliphatic carbocycles. The van der Waals surface area contributed by atoms with Crippen LogP contribution >= 0.6 is 0 Å². The standard InChI is InChI=1S/C22H23NO7.ClH/c1-23-8-7-11-9-14-20(29-10-28-14)21(27-4)15(11)17(23)18-12-5-6-13(25-2)19(26-3)16(12)22(24)30-18;/h5-6,9,17-18H,7-8,10H2,1-4H3;1H/p-1. The molecule has 0 radical (unpaired) electrons. The highest BCUT2D eigenvalue weighted by Crippen LogP contribution is 2.55. The van der Waals surface area contributed by atoms with Crippen molar-refractivity contribution in [3.63, 3.8) is 0 Å². The van der Waals surface area contributed by atoms with Gasteiger partial charge in [-0.2, -0.15) is 0 Å². The second kappa shape index (κ2) is 8.01. The molecule has 8 nitrogen and oxygen atoms in total. The average Bonchev–Trinajstić information content (AvgIpc) is 3.35. The van der Waals surface area contributed by atoms with Gasteiger partial charge in [0.1, 0.15) is 11.7 Å². The van der Waals surface area contributed by atoms with Crippen molar-refractivity contribution in [3.05, 3.63) is 40.5 Å². The summed E-state index contributed by atoms with van der Waals surface area (Å²) in [5.41, 5.74) is 3.23. The smallest absolute Gasteiger partial charge is 0.343 e. The fourth-order valence-electron chi connectivity index (χ4n) is 4.71. The number of benzene rings is 2. The van der Waals surface area contributed by atoms with Crippen LogP contribution in [0.2, 0.25) is 0 Å². The van der Waals surface area contributed by atoms with Crippen LogP contribution in [0.1, 0.15) is 39.2 Å². The predicted octanol–water partition coefficient (Wildman–Crippen LogP) is -0.114. The van der Waals surface area contributed by atoms with Crippen LogP contribution in [0.4, 0.5) is 0 Å². The molecule has 5 rings (SSSR count). The van der Waals surface area contributed by atoms with Crippen molar-refractivity contribution in [1.82, 2.24) is 4.90 Å². The van der Waals surface area contributed by atoms with Crippen molar-refractivity contribution >= 4 is 5.97 Å². The van der Waals surface area contributed by atoms with E-state index in [-0.39, 0.29) is 25.2 Å². The van der Waals surface area contributed by atoms with E-state index in [0.717, 1.165) is 29.7 Å². The largest absolute Gasteiger partial charge is 1.00 e. The van der Waals surface area contributed by atoms with Crippen molar-refractivity contribution in [3.8, 4) is 28.7 Å². The zero-order valence-corrected chi connectivity index (χ0v) is 18.4. The van der Waals surface area contributed by atoms with Crippen molar-refractivity contribution in [2.24, 2.45) is 0 Å². The Balaban J connectivity index is 0.00000231. The lowest BCUT2D eigenvalue weighted by Crippen LogP contribution is -3.00. The Morgan fingerprint density at radius 1 is 1.06 bits per heavy atom. The van der Waals surface area contributed by atoms with Gasteiger partial charge in [-0.1, -0.05) is 6.07 Å². The Morgan fingerprint density at radius 3 is 2.55 bits per heavy atom. The number of carbonyl (C=O) groups is 1. The molecule has 2 unspecified atom stereocenters. The normalized spacial score (nSPS) is 21.0. The number of likely N-dealkylation sites (N-methyl/N-ethyl adjacent to an activating group) is 1. The average molecular weight is 449 g/mol. The van der Waals surface area contributed by atoms with Crippen LogP contribution in [0.25, 0.3) is 0 Å². The molecule has 3 heterocycles. The van der Waals surface area contributed by atoms with Crippen LogP contribution in [-0.2, 0) is 11.2 Å². The molecule has 0 saturated carbocycles. The van der Waals surface area contributed by atoms with E-state index < -0.39 is 12.1 Å². The SMILES string of the molecule is COc1ccc2c(c1OC)C(=O)OC2C1c2c(cc3c(c2OC)OCO3)CCN1C.[Cl-]. The maximum absolute atomic E-state index is 12.9. The summed E-state index contributed by atoms with van der Waals surface area (Å²) in [4.78, 5) is 15.1. The predicted molar refractivity (Wildman–Crippen MR) is 106 cm³/mol. The second-order valence-corrected chi connectivity index (χ2v) is 7.48. The molecule has 2 aromatic rings. The molecule has 31 heavy (non-hydrogen) atoms. The minimum absolute atomic E-state index is 0. The van der Waals surface area contributed by atoms with Gasteiger partial charge in [-0.25, -0.2) is 4.79 Å². The number of halogens is 1. The molecule has 3 aliphatic heterocycles. The summed E-state index contributed by atoms with van der Waals surface area (Å²) in [7, 11) is 6.70. The van der Waals surface area contributed by atoms with Crippen LogP contribution < -0.4 is 36.1 Å². The van der Waals surface area contributed by atoms with Gasteiger partial charge in [-0.15, -0.1) is 0 Å². The van der Waals surface area contributed by atoms with E-state index in [1.807, 2.05) is 19.2 Å². The van der Waals surface area contributed by atoms with Crippen LogP contribution in [0.15, 0.2) is 18.2 Å². The lowest BCUT2D eigenvalue weighted by atomic mass is 9.85. The Labute approximate surface area is 186 Å². The van der Waals surface area contributed by atoms with Gasteiger partial charge in [-0.3, -0.25) is 4.90 Å². The molecule has 0 fully saturated rings. The first-order valence-corrected chi connectivity index (χ1v) is 9.74. The van der Waals surface area contributed by atoms with E-state index in [1.165, 1.54) is 7.11 Å². The number of carbonyl (C=O) groups excluding carboxylic acids is 1. The highest BCUT2D eigenvalue weighted by Gasteiger charge is 2.46. The molecule has 0 aromatic heterocycles. The molecule has 3 aliphatic rings. The molecule has 0 spiro atoms. The highest BCUT2D eigenvalue weighted by atomic mass is 35.5. The summed E-state index contributed by atoms with van der Waals surface area (Å²) in [5.74, 6) is 2.36. The number of esters is 1. The van der Waals surface area contributed by atoms with E-state index in [4.69, 9.17) is 28.4 Å². The summed E-state index contributed by atoms with van der Waals surface area (Å²) < 4.78 is 33.8. The first-order valence-electron chi connectivity index (χ1n) is 9.74. The molecular formula is C22H23ClNO7-. The van der Waals surface area contributed by atoms with Crippen LogP contribution in [0, 0.1) is 0 Å². The fraction of sp³-hybridized carbons (Fsp3) is 0.409. The minimum atomic E-state index is -0.523. The van der Waals surface area contributed by atoms with E-state index in [0.29, 0.717) is 34.3 Å². The van der Waals surface area contributed by atoms with Gasteiger partial charge in [0, 0.05) is 17.7 Å². The minimum Gasteiger partial charge on any atom is -1.00 e. The third kappa shape index (κ3) is 3.04. The van der Waals surface area contributed by atoms with E-state index in [2.05, 4.69) is 4.90 Å². The summed E-state index contributed by atoms with van der Waals surface area (Å²) >= 11 is 0. The Kier molecular flexibility index (Phi) is 5.53. The first-order chi connectivity index (χ1) is 14.6. The maximum atomic E-state index is 12.9. The van der Waals surface area contributed by atoms with Crippen molar-refractivity contribution in [1.29, 1.82) is 0 Å². The zero-order chi connectivity index (χ0) is 21.0. The number of nitrogens with zero attached hydrogens (tertiary/aromatic N) is 1. The van der Waals surface area contributed by atoms with Gasteiger partial charge in [0.2, 0.25) is 12.5 Å². The van der Waals surface area contributed by atoms with Gasteiger partial charge >= 0.3 is 5.97 Å². The molecule has 0 bridgehead atoms. The summed E-state index contributed by atoms with van der Waals surface area (Å²) in [6, 6.07) is 5.43. The van der Waals surface area contributed by atoms with Crippen LogP contribution in [0.5, 0.6) is 28.7 Å². The Bertz CT molecular complexity index is 1040. The molecule has 0 saturated heterocycles. The number of hydrogen-bond donors (Lipinski definition) is 0. The number of fused-ring (bicyclic) bond motifs is 3. The van der Waals surface area contributed by atoms with Gasteiger partial charge in [0.25, 0.3) is 0 Å². The molecule has 2 aromatic carbocycles. The third-order valence-electron chi connectivity index (χ3n) is 6.06. The van der Waals surface area contributed by atoms with E-state index >= 15 is 0 Å². The van der Waals surface area contributed by atoms with Gasteiger partial charge in [-0.05, 0) is 31.2 Å². The molecule has 0 amide bonds. The molecule has 9 heteroatoms. The summed E-state index contributed by atoms with van der Waals surface area (Å²) in [6.45, 7) is 0.963. The zero-order valence-electron chi connectivity index (χ0n) is 17.7. The number of cyclic esters (lactones) is 1. The quantitative estimate of drug-likeness (QED) is 0.600. The highest BCUT2D eigenvalue weighted by molar-refractivity contribution is 5.98. The number of methoxy groups -OCH3 is 3. The van der Waals surface area contributed by atoms with Gasteiger partial charge < -0.3 is 40.8 Å². The van der Waals surface area contributed by atoms with Crippen molar-refractivity contribution < 1.29 is 45.6 Å². The fourth-order valence-corrected chi connectivity index (χ4v) is 4.71. The van der Waals surface area contributed by atoms with Gasteiger partial charge in [0.05, 0.1) is 27.4 Å². The van der Waals surface area contributed by atoms with E-state index in [1.54, 1.807) is 20.3 Å². The molecular weight excluding hydrogens is 426 g/mol. The second-order valence-electron chi connectivity index (χ2n) is 7.48. The van der Waals surface area contributed by atoms with Gasteiger partial charge in [0.15, 0.2) is 23.0 Å². The van der Waals surface area contributed by atoms with Crippen molar-refractivity contribution in [2.45, 2.75) is 18.6 Å². The lowest BCUT2D eigenvalue weighted by molar-refractivity contribution is -0.0000857. The Hall–Kier alpha value is -2.84. The molecule has 2 atom stereocenters. The summed E-state index contributed by atoms with van der Waals surface area (Å²) in [6.07, 6.45) is 0.306. The monoisotopic (exact) mass is 448 g/mol. The van der Waals surface area contributed by atoms with E-state index in [9.17, 15) is 4.79 Å². The lowest BCUT2D eigenvalue weighted by Gasteiger charge is -2.38. The third-order valence-corrected chi connectivity index (χ3v) is 6.06. The number of rotatable bonds is 4. The summed E-state index contributed by atoms with van der Waals surface area (Å²) in [5, 5.41) is 0.